The average molecular weight is 506 g/mol. The Morgan fingerprint density at radius 1 is 1.03 bits per heavy atom. The molecule has 0 radical (unpaired) electrons. The molecule has 2 fully saturated rings. The van der Waals surface area contributed by atoms with Crippen LogP contribution in [0.2, 0.25) is 0 Å². The van der Waals surface area contributed by atoms with Gasteiger partial charge in [-0.25, -0.2) is 9.48 Å². The average Bonchev–Trinajstić information content (AvgIpc) is 3.54. The van der Waals surface area contributed by atoms with Crippen LogP contribution in [0.4, 0.5) is 0 Å². The first-order valence-corrected chi connectivity index (χ1v) is 12.1. The first-order valence-electron chi connectivity index (χ1n) is 12.1. The minimum Gasteiger partial charge on any atom is -0.487 e. The van der Waals surface area contributed by atoms with Gasteiger partial charge in [-0.2, -0.15) is 0 Å². The highest BCUT2D eigenvalue weighted by Gasteiger charge is 2.55. The molecule has 192 valence electrons. The van der Waals surface area contributed by atoms with Gasteiger partial charge in [-0.05, 0) is 37.6 Å². The largest absolute Gasteiger partial charge is 0.487 e. The molecule has 10 heteroatoms. The molecule has 2 aliphatic rings. The van der Waals surface area contributed by atoms with E-state index in [-0.39, 0.29) is 24.9 Å². The highest BCUT2D eigenvalue weighted by Crippen LogP contribution is 2.39. The molecule has 4 atom stereocenters. The van der Waals surface area contributed by atoms with Crippen LogP contribution in [-0.4, -0.2) is 45.4 Å². The summed E-state index contributed by atoms with van der Waals surface area (Å²) in [6, 6.07) is 18.4. The minimum absolute atomic E-state index is 0.202. The second kappa shape index (κ2) is 9.71. The molecule has 0 spiro atoms. The Kier molecular flexibility index (Phi) is 6.25. The molecule has 4 aromatic rings. The fraction of sp³-hybridized carbons (Fsp3) is 0.370. The molecular formula is C27H27N3O7. The van der Waals surface area contributed by atoms with Gasteiger partial charge in [0.25, 0.3) is 0 Å². The highest BCUT2D eigenvalue weighted by atomic mass is 16.8. The smallest absolute Gasteiger partial charge is 0.336 e. The SMILES string of the molecule is CC1(C)O[C@H]2OC(Cn3cc(COc4ccc5ccc(=O)oc5c4)nn3)[C@@H](OCc3ccccc3)[C@H]2O1. The number of rotatable bonds is 8. The summed E-state index contributed by atoms with van der Waals surface area (Å²) < 4.78 is 37.3. The lowest BCUT2D eigenvalue weighted by Gasteiger charge is -2.26. The fourth-order valence-corrected chi connectivity index (χ4v) is 4.63. The molecule has 0 saturated carbocycles. The third kappa shape index (κ3) is 5.28. The van der Waals surface area contributed by atoms with Crippen LogP contribution < -0.4 is 10.4 Å². The molecule has 0 N–H and O–H groups in total. The zero-order valence-electron chi connectivity index (χ0n) is 20.5. The van der Waals surface area contributed by atoms with Crippen LogP contribution in [0.25, 0.3) is 11.0 Å². The topological polar surface area (TPSA) is 107 Å². The Labute approximate surface area is 212 Å². The maximum atomic E-state index is 11.5. The third-order valence-electron chi connectivity index (χ3n) is 6.31. The number of hydrogen-bond donors (Lipinski definition) is 0. The maximum absolute atomic E-state index is 11.5. The molecule has 1 unspecified atom stereocenters. The standard InChI is InChI=1S/C27H27N3O7/c1-27(2)36-25-24(33-15-17-6-4-3-5-7-17)22(35-26(25)37-27)14-30-13-19(28-29-30)16-32-20-10-8-18-9-11-23(31)34-21(18)12-20/h3-13,22,24-26H,14-16H2,1-2H3/t22?,24-,25-,26-/m1/s1. The summed E-state index contributed by atoms with van der Waals surface area (Å²) >= 11 is 0. The second-order valence-corrected chi connectivity index (χ2v) is 9.58. The van der Waals surface area contributed by atoms with E-state index in [0.717, 1.165) is 10.9 Å². The Bertz CT molecular complexity index is 1430. The van der Waals surface area contributed by atoms with Crippen molar-refractivity contribution in [3.63, 3.8) is 0 Å². The molecule has 0 bridgehead atoms. The number of fused-ring (bicyclic) bond motifs is 2. The van der Waals surface area contributed by atoms with E-state index >= 15 is 0 Å². The van der Waals surface area contributed by atoms with Gasteiger partial charge in [-0.1, -0.05) is 35.5 Å². The van der Waals surface area contributed by atoms with Gasteiger partial charge in [-0.3, -0.25) is 0 Å². The van der Waals surface area contributed by atoms with Crippen molar-refractivity contribution >= 4 is 11.0 Å². The summed E-state index contributed by atoms with van der Waals surface area (Å²) in [7, 11) is 0. The molecule has 37 heavy (non-hydrogen) atoms. The molecule has 2 aromatic carbocycles. The highest BCUT2D eigenvalue weighted by molar-refractivity contribution is 5.77. The molecule has 0 amide bonds. The third-order valence-corrected chi connectivity index (χ3v) is 6.31. The van der Waals surface area contributed by atoms with Crippen molar-refractivity contribution in [2.45, 2.75) is 64.0 Å². The summed E-state index contributed by atoms with van der Waals surface area (Å²) in [5.41, 5.74) is 1.77. The Balaban J connectivity index is 1.11. The van der Waals surface area contributed by atoms with Crippen molar-refractivity contribution in [1.29, 1.82) is 0 Å². The number of aromatic nitrogens is 3. The normalized spacial score (nSPS) is 24.4. The summed E-state index contributed by atoms with van der Waals surface area (Å²) in [5.74, 6) is -0.174. The summed E-state index contributed by atoms with van der Waals surface area (Å²) in [6.07, 6.45) is 0.262. The molecule has 2 aromatic heterocycles. The molecular weight excluding hydrogens is 478 g/mol. The predicted molar refractivity (Wildman–Crippen MR) is 131 cm³/mol. The first kappa shape index (κ1) is 23.8. The van der Waals surface area contributed by atoms with E-state index in [2.05, 4.69) is 10.3 Å². The van der Waals surface area contributed by atoms with E-state index in [1.807, 2.05) is 56.3 Å². The van der Waals surface area contributed by atoms with E-state index in [1.54, 1.807) is 23.0 Å². The van der Waals surface area contributed by atoms with E-state index in [0.29, 0.717) is 30.2 Å². The molecule has 10 nitrogen and oxygen atoms in total. The Hall–Kier alpha value is -3.57. The number of hydrogen-bond acceptors (Lipinski definition) is 9. The van der Waals surface area contributed by atoms with Crippen molar-refractivity contribution in [2.24, 2.45) is 0 Å². The monoisotopic (exact) mass is 505 g/mol. The lowest BCUT2D eigenvalue weighted by atomic mass is 10.1. The van der Waals surface area contributed by atoms with Crippen LogP contribution in [0.3, 0.4) is 0 Å². The van der Waals surface area contributed by atoms with Gasteiger partial charge in [0, 0.05) is 17.5 Å². The lowest BCUT2D eigenvalue weighted by molar-refractivity contribution is -0.220. The summed E-state index contributed by atoms with van der Waals surface area (Å²) in [5, 5.41) is 9.28. The van der Waals surface area contributed by atoms with Crippen LogP contribution in [-0.2, 0) is 38.7 Å². The molecule has 2 saturated heterocycles. The van der Waals surface area contributed by atoms with Gasteiger partial charge < -0.3 is 28.1 Å². The van der Waals surface area contributed by atoms with Crippen molar-refractivity contribution in [2.75, 3.05) is 0 Å². The minimum atomic E-state index is -0.738. The van der Waals surface area contributed by atoms with E-state index in [1.165, 1.54) is 6.07 Å². The number of ether oxygens (including phenoxy) is 5. The van der Waals surface area contributed by atoms with Crippen LogP contribution in [0, 0.1) is 0 Å². The molecule has 2 aliphatic heterocycles. The van der Waals surface area contributed by atoms with Gasteiger partial charge in [0.1, 0.15) is 41.9 Å². The number of benzene rings is 2. The zero-order chi connectivity index (χ0) is 25.4. The van der Waals surface area contributed by atoms with Crippen molar-refractivity contribution in [1.82, 2.24) is 15.0 Å². The lowest BCUT2D eigenvalue weighted by Crippen LogP contribution is -2.38. The first-order chi connectivity index (χ1) is 17.9. The van der Waals surface area contributed by atoms with Gasteiger partial charge in [0.05, 0.1) is 19.3 Å². The second-order valence-electron chi connectivity index (χ2n) is 9.58. The van der Waals surface area contributed by atoms with Crippen LogP contribution in [0.15, 0.2) is 76.1 Å². The summed E-state index contributed by atoms with van der Waals surface area (Å²) in [4.78, 5) is 11.5. The molecule has 6 rings (SSSR count). The van der Waals surface area contributed by atoms with Crippen molar-refractivity contribution < 1.29 is 28.1 Å². The van der Waals surface area contributed by atoms with Crippen LogP contribution >= 0.6 is 0 Å². The number of nitrogens with zero attached hydrogens (tertiary/aromatic N) is 3. The van der Waals surface area contributed by atoms with E-state index in [9.17, 15) is 4.79 Å². The van der Waals surface area contributed by atoms with Gasteiger partial charge in [-0.15, -0.1) is 5.10 Å². The van der Waals surface area contributed by atoms with Crippen molar-refractivity contribution in [3.8, 4) is 5.75 Å². The van der Waals surface area contributed by atoms with E-state index in [4.69, 9.17) is 28.1 Å². The van der Waals surface area contributed by atoms with E-state index < -0.39 is 17.7 Å². The molecule has 0 aliphatic carbocycles. The summed E-state index contributed by atoms with van der Waals surface area (Å²) in [6.45, 7) is 4.78. The Morgan fingerprint density at radius 2 is 1.86 bits per heavy atom. The fourth-order valence-electron chi connectivity index (χ4n) is 4.63. The van der Waals surface area contributed by atoms with Gasteiger partial charge >= 0.3 is 5.63 Å². The maximum Gasteiger partial charge on any atom is 0.336 e. The van der Waals surface area contributed by atoms with Crippen molar-refractivity contribution in [3.05, 3.63) is 88.5 Å². The van der Waals surface area contributed by atoms with Gasteiger partial charge in [0.2, 0.25) is 0 Å². The van der Waals surface area contributed by atoms with Gasteiger partial charge in [0.15, 0.2) is 12.1 Å². The molecule has 4 heterocycles. The quantitative estimate of drug-likeness (QED) is 0.333. The Morgan fingerprint density at radius 3 is 2.73 bits per heavy atom. The van der Waals surface area contributed by atoms with Crippen LogP contribution in [0.5, 0.6) is 5.75 Å². The zero-order valence-corrected chi connectivity index (χ0v) is 20.5. The predicted octanol–water partition coefficient (Wildman–Crippen LogP) is 3.43. The van der Waals surface area contributed by atoms with Crippen LogP contribution in [0.1, 0.15) is 25.1 Å².